The van der Waals surface area contributed by atoms with Gasteiger partial charge in [0.25, 0.3) is 0 Å². The molecule has 6 heteroatoms. The SMILES string of the molecule is CC1CCC(C(=O)NCc2cc3c(s2)CCN=C3N)N1C. The molecule has 0 radical (unpaired) electrons. The van der Waals surface area contributed by atoms with Crippen LogP contribution in [-0.4, -0.2) is 42.3 Å². The second kappa shape index (κ2) is 5.77. The maximum atomic E-state index is 12.3. The zero-order valence-electron chi connectivity index (χ0n) is 12.6. The van der Waals surface area contributed by atoms with Gasteiger partial charge in [0.2, 0.25) is 5.91 Å². The summed E-state index contributed by atoms with van der Waals surface area (Å²) < 4.78 is 0. The highest BCUT2D eigenvalue weighted by Crippen LogP contribution is 2.26. The van der Waals surface area contributed by atoms with Crippen molar-refractivity contribution in [2.24, 2.45) is 10.7 Å². The van der Waals surface area contributed by atoms with E-state index in [2.05, 4.69) is 28.2 Å². The number of nitrogens with one attached hydrogen (secondary N) is 1. The first kappa shape index (κ1) is 14.5. The minimum atomic E-state index is 0.0150. The average molecular weight is 306 g/mol. The van der Waals surface area contributed by atoms with Gasteiger partial charge in [0.1, 0.15) is 5.84 Å². The van der Waals surface area contributed by atoms with Gasteiger partial charge in [0.15, 0.2) is 0 Å². The number of amides is 1. The Kier molecular flexibility index (Phi) is 3.99. The first-order chi connectivity index (χ1) is 10.1. The summed E-state index contributed by atoms with van der Waals surface area (Å²) in [6.45, 7) is 3.53. The number of hydrogen-bond acceptors (Lipinski definition) is 5. The Morgan fingerprint density at radius 3 is 3.05 bits per heavy atom. The number of aliphatic imine (C=N–C) groups is 1. The fraction of sp³-hybridized carbons (Fsp3) is 0.600. The summed E-state index contributed by atoms with van der Waals surface area (Å²) in [6, 6.07) is 2.58. The number of likely N-dealkylation sites (tertiary alicyclic amines) is 1. The summed E-state index contributed by atoms with van der Waals surface area (Å²) >= 11 is 1.74. The van der Waals surface area contributed by atoms with Crippen LogP contribution in [0.3, 0.4) is 0 Å². The molecule has 1 aromatic heterocycles. The molecule has 0 spiro atoms. The molecule has 114 valence electrons. The second-order valence-electron chi connectivity index (χ2n) is 5.89. The molecule has 3 N–H and O–H groups in total. The average Bonchev–Trinajstić information content (AvgIpc) is 3.02. The number of likely N-dealkylation sites (N-methyl/N-ethyl adjacent to an activating group) is 1. The lowest BCUT2D eigenvalue weighted by Crippen LogP contribution is -2.42. The summed E-state index contributed by atoms with van der Waals surface area (Å²) in [5, 5.41) is 3.06. The molecule has 2 aliphatic rings. The van der Waals surface area contributed by atoms with Crippen LogP contribution in [0, 0.1) is 0 Å². The lowest BCUT2D eigenvalue weighted by atomic mass is 10.1. The van der Waals surface area contributed by atoms with E-state index in [1.807, 2.05) is 7.05 Å². The van der Waals surface area contributed by atoms with Crippen molar-refractivity contribution in [3.05, 3.63) is 21.4 Å². The van der Waals surface area contributed by atoms with Crippen molar-refractivity contribution in [1.29, 1.82) is 0 Å². The number of nitrogens with two attached hydrogens (primary N) is 1. The van der Waals surface area contributed by atoms with Crippen LogP contribution in [0.4, 0.5) is 0 Å². The normalized spacial score (nSPS) is 25.5. The zero-order chi connectivity index (χ0) is 15.0. The van der Waals surface area contributed by atoms with Gasteiger partial charge in [-0.25, -0.2) is 0 Å². The molecule has 2 unspecified atom stereocenters. The van der Waals surface area contributed by atoms with Crippen LogP contribution in [0.25, 0.3) is 0 Å². The molecule has 5 nitrogen and oxygen atoms in total. The van der Waals surface area contributed by atoms with Gasteiger partial charge in [-0.15, -0.1) is 11.3 Å². The van der Waals surface area contributed by atoms with Gasteiger partial charge < -0.3 is 11.1 Å². The molecular formula is C15H22N4OS. The minimum Gasteiger partial charge on any atom is -0.383 e. The molecule has 0 aliphatic carbocycles. The fourth-order valence-corrected chi connectivity index (χ4v) is 4.16. The van der Waals surface area contributed by atoms with Gasteiger partial charge in [-0.1, -0.05) is 0 Å². The lowest BCUT2D eigenvalue weighted by molar-refractivity contribution is -0.125. The Morgan fingerprint density at radius 1 is 1.57 bits per heavy atom. The summed E-state index contributed by atoms with van der Waals surface area (Å²) in [7, 11) is 2.03. The van der Waals surface area contributed by atoms with Crippen LogP contribution in [-0.2, 0) is 17.8 Å². The molecule has 1 saturated heterocycles. The number of nitrogens with zero attached hydrogens (tertiary/aromatic N) is 2. The van der Waals surface area contributed by atoms with Gasteiger partial charge >= 0.3 is 0 Å². The van der Waals surface area contributed by atoms with Crippen molar-refractivity contribution in [2.45, 2.75) is 44.8 Å². The first-order valence-electron chi connectivity index (χ1n) is 7.48. The third-order valence-corrected chi connectivity index (χ3v) is 5.74. The monoisotopic (exact) mass is 306 g/mol. The summed E-state index contributed by atoms with van der Waals surface area (Å²) in [6.07, 6.45) is 3.00. The van der Waals surface area contributed by atoms with Crippen LogP contribution in [0.15, 0.2) is 11.1 Å². The third-order valence-electron chi connectivity index (χ3n) is 4.54. The van der Waals surface area contributed by atoms with Gasteiger partial charge in [-0.3, -0.25) is 14.7 Å². The number of amidine groups is 1. The molecule has 0 aromatic carbocycles. The standard InChI is InChI=1S/C15H22N4OS/c1-9-3-4-12(19(9)2)15(20)18-8-10-7-11-13(21-10)5-6-17-14(11)16/h7,9,12H,3-6,8H2,1-2H3,(H2,16,17)(H,18,20). The summed E-state index contributed by atoms with van der Waals surface area (Å²) in [5.41, 5.74) is 6.97. The zero-order valence-corrected chi connectivity index (χ0v) is 13.4. The smallest absolute Gasteiger partial charge is 0.237 e. The molecule has 0 bridgehead atoms. The summed E-state index contributed by atoms with van der Waals surface area (Å²) in [5.74, 6) is 0.768. The van der Waals surface area contributed by atoms with E-state index in [0.29, 0.717) is 18.4 Å². The van der Waals surface area contributed by atoms with Crippen molar-refractivity contribution in [3.63, 3.8) is 0 Å². The fourth-order valence-electron chi connectivity index (χ4n) is 3.06. The molecule has 1 aromatic rings. The van der Waals surface area contributed by atoms with E-state index >= 15 is 0 Å². The van der Waals surface area contributed by atoms with Crippen LogP contribution in [0.5, 0.6) is 0 Å². The molecule has 3 rings (SSSR count). The number of hydrogen-bond donors (Lipinski definition) is 2. The molecule has 3 heterocycles. The van der Waals surface area contributed by atoms with E-state index in [9.17, 15) is 4.79 Å². The number of rotatable bonds is 3. The predicted molar refractivity (Wildman–Crippen MR) is 85.7 cm³/mol. The van der Waals surface area contributed by atoms with Crippen LogP contribution in [0.2, 0.25) is 0 Å². The Bertz CT molecular complexity index is 580. The van der Waals surface area contributed by atoms with Crippen molar-refractivity contribution < 1.29 is 4.79 Å². The summed E-state index contributed by atoms with van der Waals surface area (Å²) in [4.78, 5) is 21.2. The van der Waals surface area contributed by atoms with Crippen molar-refractivity contribution in [3.8, 4) is 0 Å². The maximum absolute atomic E-state index is 12.3. The highest BCUT2D eigenvalue weighted by atomic mass is 32.1. The molecule has 2 atom stereocenters. The number of fused-ring (bicyclic) bond motifs is 1. The Morgan fingerprint density at radius 2 is 2.38 bits per heavy atom. The topological polar surface area (TPSA) is 70.7 Å². The minimum absolute atomic E-state index is 0.0150. The van der Waals surface area contributed by atoms with Crippen LogP contribution in [0.1, 0.15) is 35.1 Å². The highest BCUT2D eigenvalue weighted by Gasteiger charge is 2.32. The van der Waals surface area contributed by atoms with E-state index in [4.69, 9.17) is 5.73 Å². The molecular weight excluding hydrogens is 284 g/mol. The Labute approximate surface area is 129 Å². The predicted octanol–water partition coefficient (Wildman–Crippen LogP) is 1.11. The second-order valence-corrected chi connectivity index (χ2v) is 7.11. The maximum Gasteiger partial charge on any atom is 0.237 e. The van der Waals surface area contributed by atoms with E-state index in [-0.39, 0.29) is 11.9 Å². The van der Waals surface area contributed by atoms with Crippen LogP contribution < -0.4 is 11.1 Å². The van der Waals surface area contributed by atoms with E-state index in [1.54, 1.807) is 11.3 Å². The number of thiophene rings is 1. The van der Waals surface area contributed by atoms with Crippen molar-refractivity contribution >= 4 is 23.1 Å². The largest absolute Gasteiger partial charge is 0.383 e. The molecule has 1 fully saturated rings. The van der Waals surface area contributed by atoms with Crippen LogP contribution >= 0.6 is 11.3 Å². The highest BCUT2D eigenvalue weighted by molar-refractivity contribution is 7.12. The van der Waals surface area contributed by atoms with E-state index in [1.165, 1.54) is 4.88 Å². The Balaban J connectivity index is 1.61. The molecule has 0 saturated carbocycles. The van der Waals surface area contributed by atoms with E-state index in [0.717, 1.165) is 36.2 Å². The van der Waals surface area contributed by atoms with Gasteiger partial charge in [-0.05, 0) is 32.9 Å². The quantitative estimate of drug-likeness (QED) is 0.879. The van der Waals surface area contributed by atoms with Gasteiger partial charge in [-0.2, -0.15) is 0 Å². The van der Waals surface area contributed by atoms with Crippen molar-refractivity contribution in [2.75, 3.05) is 13.6 Å². The van der Waals surface area contributed by atoms with E-state index < -0.39 is 0 Å². The molecule has 21 heavy (non-hydrogen) atoms. The van der Waals surface area contributed by atoms with Gasteiger partial charge in [0.05, 0.1) is 12.6 Å². The number of carbonyl (C=O) groups is 1. The van der Waals surface area contributed by atoms with Gasteiger partial charge in [0, 0.05) is 34.3 Å². The Hall–Kier alpha value is -1.40. The number of carbonyl (C=O) groups excluding carboxylic acids is 1. The molecule has 1 amide bonds. The first-order valence-corrected chi connectivity index (χ1v) is 8.29. The van der Waals surface area contributed by atoms with Crippen molar-refractivity contribution in [1.82, 2.24) is 10.2 Å². The molecule has 2 aliphatic heterocycles. The lowest BCUT2D eigenvalue weighted by Gasteiger charge is -2.22. The third kappa shape index (κ3) is 2.82.